The van der Waals surface area contributed by atoms with Gasteiger partial charge in [0.15, 0.2) is 0 Å². The molecule has 1 atom stereocenters. The Balaban J connectivity index is 1.94. The summed E-state index contributed by atoms with van der Waals surface area (Å²) in [7, 11) is 0. The molecule has 3 nitrogen and oxygen atoms in total. The first-order chi connectivity index (χ1) is 5.24. The quantitative estimate of drug-likeness (QED) is 0.586. The molecule has 0 unspecified atom stereocenters. The summed E-state index contributed by atoms with van der Waals surface area (Å²) in [6, 6.07) is 0. The predicted octanol–water partition coefficient (Wildman–Crippen LogP) is 0.117. The Morgan fingerprint density at radius 1 is 1.64 bits per heavy atom. The second-order valence-electron chi connectivity index (χ2n) is 3.71. The average Bonchev–Trinajstić information content (AvgIpc) is 2.31. The first-order valence-electron chi connectivity index (χ1n) is 3.98. The van der Waals surface area contributed by atoms with Gasteiger partial charge in [0.25, 0.3) is 0 Å². The average molecular weight is 156 g/mol. The zero-order chi connectivity index (χ0) is 7.90. The fourth-order valence-corrected chi connectivity index (χ4v) is 2.04. The van der Waals surface area contributed by atoms with Crippen LogP contribution >= 0.6 is 0 Å². The summed E-state index contributed by atoms with van der Waals surface area (Å²) in [5.74, 6) is 0.340. The Bertz CT molecular complexity index is 180. The van der Waals surface area contributed by atoms with Gasteiger partial charge in [-0.25, -0.2) is 0 Å². The molecule has 0 radical (unpaired) electrons. The van der Waals surface area contributed by atoms with Gasteiger partial charge in [-0.2, -0.15) is 0 Å². The molecule has 0 bridgehead atoms. The van der Waals surface area contributed by atoms with E-state index >= 15 is 0 Å². The smallest absolute Gasteiger partial charge is 0.134 e. The van der Waals surface area contributed by atoms with Crippen molar-refractivity contribution in [2.45, 2.75) is 25.4 Å². The van der Waals surface area contributed by atoms with Gasteiger partial charge in [-0.1, -0.05) is 0 Å². The Morgan fingerprint density at radius 2 is 2.36 bits per heavy atom. The number of hydrogen-bond donors (Lipinski definition) is 1. The molecule has 2 fully saturated rings. The number of carbonyl (C=O) groups is 1. The lowest BCUT2D eigenvalue weighted by Gasteiger charge is -2.34. The van der Waals surface area contributed by atoms with Crippen molar-refractivity contribution in [3.05, 3.63) is 0 Å². The molecule has 11 heavy (non-hydrogen) atoms. The van der Waals surface area contributed by atoms with Crippen LogP contribution in [0.1, 0.15) is 19.3 Å². The fourth-order valence-electron chi connectivity index (χ4n) is 2.04. The number of hydrogen-bond acceptors (Lipinski definition) is 3. The summed E-state index contributed by atoms with van der Waals surface area (Å²) in [5, 5.41) is 8.77. The lowest BCUT2D eigenvalue weighted by molar-refractivity contribution is -0.132. The van der Waals surface area contributed by atoms with E-state index in [1.165, 1.54) is 0 Å². The minimum Gasteiger partial charge on any atom is -0.394 e. The van der Waals surface area contributed by atoms with Crippen molar-refractivity contribution in [1.29, 1.82) is 0 Å². The maximum atomic E-state index is 10.7. The van der Waals surface area contributed by atoms with E-state index in [9.17, 15) is 4.79 Å². The zero-order valence-corrected chi connectivity index (χ0v) is 6.38. The SMILES string of the molecule is O=C1CC2(CO[C@@H](CO)C2)C1. The Labute approximate surface area is 65.4 Å². The number of carbonyl (C=O) groups excluding carboxylic acids is 1. The third-order valence-corrected chi connectivity index (χ3v) is 2.63. The normalized spacial score (nSPS) is 34.3. The van der Waals surface area contributed by atoms with Crippen LogP contribution in [0.4, 0.5) is 0 Å². The van der Waals surface area contributed by atoms with Gasteiger partial charge in [-0.05, 0) is 6.42 Å². The van der Waals surface area contributed by atoms with Gasteiger partial charge < -0.3 is 9.84 Å². The van der Waals surface area contributed by atoms with Crippen LogP contribution in [-0.2, 0) is 9.53 Å². The Kier molecular flexibility index (Phi) is 1.51. The molecular weight excluding hydrogens is 144 g/mol. The van der Waals surface area contributed by atoms with Crippen LogP contribution in [0, 0.1) is 5.41 Å². The van der Waals surface area contributed by atoms with Crippen molar-refractivity contribution in [3.8, 4) is 0 Å². The van der Waals surface area contributed by atoms with Crippen LogP contribution in [0.25, 0.3) is 0 Å². The van der Waals surface area contributed by atoms with E-state index in [1.54, 1.807) is 0 Å². The topological polar surface area (TPSA) is 46.5 Å². The molecular formula is C8H12O3. The van der Waals surface area contributed by atoms with Crippen LogP contribution in [0.3, 0.4) is 0 Å². The molecule has 1 saturated carbocycles. The highest BCUT2D eigenvalue weighted by atomic mass is 16.5. The largest absolute Gasteiger partial charge is 0.394 e. The van der Waals surface area contributed by atoms with Crippen molar-refractivity contribution in [2.24, 2.45) is 5.41 Å². The molecule has 1 aliphatic heterocycles. The van der Waals surface area contributed by atoms with Crippen molar-refractivity contribution >= 4 is 5.78 Å². The number of aliphatic hydroxyl groups excluding tert-OH is 1. The molecule has 2 aliphatic rings. The first kappa shape index (κ1) is 7.25. The van der Waals surface area contributed by atoms with Gasteiger partial charge in [-0.3, -0.25) is 4.79 Å². The summed E-state index contributed by atoms with van der Waals surface area (Å²) in [6.07, 6.45) is 2.20. The molecule has 0 aromatic carbocycles. The van der Waals surface area contributed by atoms with E-state index < -0.39 is 0 Å². The van der Waals surface area contributed by atoms with Crippen LogP contribution in [0.5, 0.6) is 0 Å². The molecule has 0 aromatic rings. The van der Waals surface area contributed by atoms with Gasteiger partial charge >= 0.3 is 0 Å². The molecule has 1 saturated heterocycles. The van der Waals surface area contributed by atoms with Gasteiger partial charge in [0.05, 0.1) is 19.3 Å². The molecule has 0 aromatic heterocycles. The van der Waals surface area contributed by atoms with Gasteiger partial charge in [0.1, 0.15) is 5.78 Å². The lowest BCUT2D eigenvalue weighted by Crippen LogP contribution is -2.38. The first-order valence-corrected chi connectivity index (χ1v) is 3.98. The van der Waals surface area contributed by atoms with E-state index in [1.807, 2.05) is 0 Å². The maximum Gasteiger partial charge on any atom is 0.134 e. The second-order valence-corrected chi connectivity index (χ2v) is 3.71. The minimum absolute atomic E-state index is 0.0110. The molecule has 0 amide bonds. The molecule has 1 aliphatic carbocycles. The molecule has 1 N–H and O–H groups in total. The van der Waals surface area contributed by atoms with Crippen LogP contribution in [-0.4, -0.2) is 30.2 Å². The minimum atomic E-state index is -0.0110. The van der Waals surface area contributed by atoms with Crippen LogP contribution in [0.2, 0.25) is 0 Å². The van der Waals surface area contributed by atoms with Gasteiger partial charge in [0.2, 0.25) is 0 Å². The Hall–Kier alpha value is -0.410. The zero-order valence-electron chi connectivity index (χ0n) is 6.38. The third kappa shape index (κ3) is 1.08. The number of ketones is 1. The van der Waals surface area contributed by atoms with E-state index in [0.717, 1.165) is 6.42 Å². The maximum absolute atomic E-state index is 10.7. The number of rotatable bonds is 1. The van der Waals surface area contributed by atoms with Crippen molar-refractivity contribution in [1.82, 2.24) is 0 Å². The van der Waals surface area contributed by atoms with E-state index in [4.69, 9.17) is 9.84 Å². The summed E-state index contributed by atoms with van der Waals surface area (Å²) in [6.45, 7) is 0.764. The van der Waals surface area contributed by atoms with Gasteiger partial charge in [0, 0.05) is 18.3 Å². The van der Waals surface area contributed by atoms with E-state index in [-0.39, 0.29) is 18.1 Å². The number of aliphatic hydroxyl groups is 1. The molecule has 62 valence electrons. The standard InChI is InChI=1S/C8H12O3/c9-4-7-3-8(5-11-7)1-6(10)2-8/h7,9H,1-5H2/t7-/m1/s1. The molecule has 1 heterocycles. The highest BCUT2D eigenvalue weighted by molar-refractivity contribution is 5.86. The highest BCUT2D eigenvalue weighted by Crippen LogP contribution is 2.46. The summed E-state index contributed by atoms with van der Waals surface area (Å²) in [5.41, 5.74) is 0.129. The summed E-state index contributed by atoms with van der Waals surface area (Å²) in [4.78, 5) is 10.7. The number of Topliss-reactive ketones (excluding diaryl/α,β-unsaturated/α-hetero) is 1. The highest BCUT2D eigenvalue weighted by Gasteiger charge is 2.49. The van der Waals surface area contributed by atoms with Crippen molar-refractivity contribution < 1.29 is 14.6 Å². The van der Waals surface area contributed by atoms with E-state index in [2.05, 4.69) is 0 Å². The Morgan fingerprint density at radius 3 is 2.82 bits per heavy atom. The van der Waals surface area contributed by atoms with Gasteiger partial charge in [-0.15, -0.1) is 0 Å². The van der Waals surface area contributed by atoms with Crippen molar-refractivity contribution in [3.63, 3.8) is 0 Å². The third-order valence-electron chi connectivity index (χ3n) is 2.63. The summed E-state index contributed by atoms with van der Waals surface area (Å²) < 4.78 is 5.31. The monoisotopic (exact) mass is 156 g/mol. The summed E-state index contributed by atoms with van der Waals surface area (Å²) >= 11 is 0. The molecule has 2 rings (SSSR count). The van der Waals surface area contributed by atoms with E-state index in [0.29, 0.717) is 25.2 Å². The van der Waals surface area contributed by atoms with Crippen LogP contribution < -0.4 is 0 Å². The van der Waals surface area contributed by atoms with Crippen molar-refractivity contribution in [2.75, 3.05) is 13.2 Å². The molecule has 3 heteroatoms. The van der Waals surface area contributed by atoms with Crippen LogP contribution in [0.15, 0.2) is 0 Å². The predicted molar refractivity (Wildman–Crippen MR) is 38.1 cm³/mol. The number of ether oxygens (including phenoxy) is 1. The fraction of sp³-hybridized carbons (Fsp3) is 0.875. The second kappa shape index (κ2) is 2.29. The lowest BCUT2D eigenvalue weighted by atomic mass is 9.67. The molecule has 1 spiro atoms.